The molecule has 0 N–H and O–H groups in total. The van der Waals surface area contributed by atoms with Gasteiger partial charge in [-0.1, -0.05) is 30.3 Å². The van der Waals surface area contributed by atoms with Crippen LogP contribution in [0.25, 0.3) is 0 Å². The largest absolute Gasteiger partial charge is 0.263 e. The first-order valence-electron chi connectivity index (χ1n) is 5.51. The van der Waals surface area contributed by atoms with E-state index in [1.807, 2.05) is 30.3 Å². The van der Waals surface area contributed by atoms with E-state index >= 15 is 0 Å². The molecule has 2 rings (SSSR count). The standard InChI is InChI=1S/C13H14N2O2S/c1-15(11-12-6-3-2-4-7-12)18(16,17)13-8-5-9-14-10-13/h2-10H,11H2,1H3. The average Bonchev–Trinajstić information content (AvgIpc) is 2.41. The number of hydrogen-bond donors (Lipinski definition) is 0. The van der Waals surface area contributed by atoms with Crippen LogP contribution in [0, 0.1) is 0 Å². The summed E-state index contributed by atoms with van der Waals surface area (Å²) >= 11 is 0. The fourth-order valence-corrected chi connectivity index (χ4v) is 2.73. The summed E-state index contributed by atoms with van der Waals surface area (Å²) in [5, 5.41) is 0. The summed E-state index contributed by atoms with van der Waals surface area (Å²) in [5.41, 5.74) is 0.951. The van der Waals surface area contributed by atoms with E-state index in [4.69, 9.17) is 0 Å². The molecule has 18 heavy (non-hydrogen) atoms. The lowest BCUT2D eigenvalue weighted by Gasteiger charge is -2.16. The van der Waals surface area contributed by atoms with Crippen LogP contribution in [0.4, 0.5) is 0 Å². The van der Waals surface area contributed by atoms with Crippen LogP contribution in [0.5, 0.6) is 0 Å². The molecule has 5 heteroatoms. The molecule has 0 aliphatic carbocycles. The first-order chi connectivity index (χ1) is 8.60. The Balaban J connectivity index is 2.21. The molecule has 0 radical (unpaired) electrons. The molecule has 0 aliphatic rings. The number of nitrogens with zero attached hydrogens (tertiary/aromatic N) is 2. The second-order valence-corrected chi connectivity index (χ2v) is 5.98. The van der Waals surface area contributed by atoms with Crippen molar-refractivity contribution in [1.29, 1.82) is 0 Å². The molecular formula is C13H14N2O2S. The lowest BCUT2D eigenvalue weighted by atomic mass is 10.2. The molecule has 94 valence electrons. The van der Waals surface area contributed by atoms with Crippen molar-refractivity contribution in [1.82, 2.24) is 9.29 Å². The lowest BCUT2D eigenvalue weighted by Crippen LogP contribution is -2.26. The Morgan fingerprint density at radius 2 is 1.83 bits per heavy atom. The van der Waals surface area contributed by atoms with Crippen LogP contribution >= 0.6 is 0 Å². The Bertz CT molecular complexity index is 597. The topological polar surface area (TPSA) is 50.3 Å². The van der Waals surface area contributed by atoms with Crippen molar-refractivity contribution >= 4 is 10.0 Å². The molecule has 1 aromatic heterocycles. The maximum Gasteiger partial charge on any atom is 0.244 e. The number of pyridine rings is 1. The molecule has 0 spiro atoms. The highest BCUT2D eigenvalue weighted by Gasteiger charge is 2.20. The van der Waals surface area contributed by atoms with E-state index in [9.17, 15) is 8.42 Å². The maximum absolute atomic E-state index is 12.2. The summed E-state index contributed by atoms with van der Waals surface area (Å²) < 4.78 is 25.8. The van der Waals surface area contributed by atoms with Crippen molar-refractivity contribution in [2.75, 3.05) is 7.05 Å². The highest BCUT2D eigenvalue weighted by molar-refractivity contribution is 7.89. The molecule has 0 saturated carbocycles. The average molecular weight is 262 g/mol. The van der Waals surface area contributed by atoms with Gasteiger partial charge in [0.25, 0.3) is 0 Å². The van der Waals surface area contributed by atoms with Crippen LogP contribution in [-0.4, -0.2) is 24.8 Å². The van der Waals surface area contributed by atoms with Gasteiger partial charge in [-0.05, 0) is 17.7 Å². The van der Waals surface area contributed by atoms with Gasteiger partial charge in [-0.3, -0.25) is 4.98 Å². The third-order valence-corrected chi connectivity index (χ3v) is 4.38. The minimum atomic E-state index is -3.47. The number of rotatable bonds is 4. The first-order valence-corrected chi connectivity index (χ1v) is 6.95. The molecule has 0 saturated heterocycles. The summed E-state index contributed by atoms with van der Waals surface area (Å²) in [4.78, 5) is 4.05. The van der Waals surface area contributed by atoms with Crippen LogP contribution in [0.2, 0.25) is 0 Å². The molecule has 0 fully saturated rings. The zero-order valence-corrected chi connectivity index (χ0v) is 10.8. The van der Waals surface area contributed by atoms with Gasteiger partial charge in [0.05, 0.1) is 0 Å². The van der Waals surface area contributed by atoms with Crippen molar-refractivity contribution in [3.8, 4) is 0 Å². The quantitative estimate of drug-likeness (QED) is 0.845. The highest BCUT2D eigenvalue weighted by Crippen LogP contribution is 2.15. The van der Waals surface area contributed by atoms with Gasteiger partial charge >= 0.3 is 0 Å². The fourth-order valence-electron chi connectivity index (χ4n) is 1.61. The van der Waals surface area contributed by atoms with Crippen LogP contribution in [-0.2, 0) is 16.6 Å². The number of hydrogen-bond acceptors (Lipinski definition) is 3. The van der Waals surface area contributed by atoms with E-state index in [1.54, 1.807) is 25.4 Å². The van der Waals surface area contributed by atoms with E-state index in [1.165, 1.54) is 10.5 Å². The molecule has 2 aromatic rings. The summed E-state index contributed by atoms with van der Waals surface area (Å²) in [6.07, 6.45) is 2.91. The zero-order chi connectivity index (χ0) is 13.0. The van der Waals surface area contributed by atoms with E-state index in [-0.39, 0.29) is 4.90 Å². The first kappa shape index (κ1) is 12.7. The molecule has 0 bridgehead atoms. The lowest BCUT2D eigenvalue weighted by molar-refractivity contribution is 0.466. The monoisotopic (exact) mass is 262 g/mol. The fraction of sp³-hybridized carbons (Fsp3) is 0.154. The number of benzene rings is 1. The minimum Gasteiger partial charge on any atom is -0.263 e. The van der Waals surface area contributed by atoms with Crippen LogP contribution < -0.4 is 0 Å². The summed E-state index contributed by atoms with van der Waals surface area (Å²) in [6.45, 7) is 0.345. The van der Waals surface area contributed by atoms with Gasteiger partial charge in [-0.2, -0.15) is 4.31 Å². The minimum absolute atomic E-state index is 0.212. The van der Waals surface area contributed by atoms with E-state index in [0.717, 1.165) is 5.56 Å². The Morgan fingerprint density at radius 3 is 2.44 bits per heavy atom. The van der Waals surface area contributed by atoms with E-state index < -0.39 is 10.0 Å². The third kappa shape index (κ3) is 2.75. The predicted molar refractivity (Wildman–Crippen MR) is 69.3 cm³/mol. The molecule has 0 amide bonds. The molecule has 0 unspecified atom stereocenters. The van der Waals surface area contributed by atoms with Crippen LogP contribution in [0.15, 0.2) is 59.8 Å². The van der Waals surface area contributed by atoms with Crippen LogP contribution in [0.3, 0.4) is 0 Å². The maximum atomic E-state index is 12.2. The van der Waals surface area contributed by atoms with Crippen molar-refractivity contribution in [3.05, 3.63) is 60.4 Å². The molecule has 1 heterocycles. The second kappa shape index (κ2) is 5.29. The number of sulfonamides is 1. The van der Waals surface area contributed by atoms with Crippen molar-refractivity contribution in [2.45, 2.75) is 11.4 Å². The van der Waals surface area contributed by atoms with Crippen LogP contribution in [0.1, 0.15) is 5.56 Å². The van der Waals surface area contributed by atoms with E-state index in [2.05, 4.69) is 4.98 Å². The van der Waals surface area contributed by atoms with Crippen molar-refractivity contribution < 1.29 is 8.42 Å². The molecule has 1 aromatic carbocycles. The van der Waals surface area contributed by atoms with Gasteiger partial charge in [-0.15, -0.1) is 0 Å². The third-order valence-electron chi connectivity index (χ3n) is 2.59. The summed E-state index contributed by atoms with van der Waals surface area (Å²) in [7, 11) is -1.90. The van der Waals surface area contributed by atoms with Gasteiger partial charge in [-0.25, -0.2) is 8.42 Å². The van der Waals surface area contributed by atoms with Gasteiger partial charge in [0.1, 0.15) is 4.90 Å². The smallest absolute Gasteiger partial charge is 0.244 e. The number of aromatic nitrogens is 1. The molecule has 0 aliphatic heterocycles. The van der Waals surface area contributed by atoms with Gasteiger partial charge in [0.2, 0.25) is 10.0 Å². The van der Waals surface area contributed by atoms with Gasteiger partial charge < -0.3 is 0 Å². The summed E-state index contributed by atoms with van der Waals surface area (Å²) in [6, 6.07) is 12.6. The molecule has 4 nitrogen and oxygen atoms in total. The highest BCUT2D eigenvalue weighted by atomic mass is 32.2. The predicted octanol–water partition coefficient (Wildman–Crippen LogP) is 1.90. The van der Waals surface area contributed by atoms with Crippen molar-refractivity contribution in [2.24, 2.45) is 0 Å². The molecular weight excluding hydrogens is 248 g/mol. The van der Waals surface area contributed by atoms with Gasteiger partial charge in [0.15, 0.2) is 0 Å². The molecule has 0 atom stereocenters. The Kier molecular flexibility index (Phi) is 3.74. The van der Waals surface area contributed by atoms with Gasteiger partial charge in [0, 0.05) is 26.0 Å². The zero-order valence-electron chi connectivity index (χ0n) is 10.0. The Labute approximate surface area is 107 Å². The summed E-state index contributed by atoms with van der Waals surface area (Å²) in [5.74, 6) is 0. The Hall–Kier alpha value is -1.72. The second-order valence-electron chi connectivity index (χ2n) is 3.94. The van der Waals surface area contributed by atoms with Crippen molar-refractivity contribution in [3.63, 3.8) is 0 Å². The normalized spacial score (nSPS) is 11.7. The van der Waals surface area contributed by atoms with E-state index in [0.29, 0.717) is 6.54 Å². The SMILES string of the molecule is CN(Cc1ccccc1)S(=O)(=O)c1cccnc1. The Morgan fingerprint density at radius 1 is 1.11 bits per heavy atom.